The third kappa shape index (κ3) is 5.43. The number of hydrogen-bond donors (Lipinski definition) is 1. The van der Waals surface area contributed by atoms with E-state index < -0.39 is 0 Å². The molecule has 1 N–H and O–H groups in total. The van der Waals surface area contributed by atoms with Gasteiger partial charge in [-0.05, 0) is 38.3 Å². The van der Waals surface area contributed by atoms with Crippen molar-refractivity contribution in [3.05, 3.63) is 35.9 Å². The molecule has 19 heavy (non-hydrogen) atoms. The first-order valence-corrected chi connectivity index (χ1v) is 7.22. The first kappa shape index (κ1) is 15.7. The predicted molar refractivity (Wildman–Crippen MR) is 80.3 cm³/mol. The van der Waals surface area contributed by atoms with Gasteiger partial charge in [-0.2, -0.15) is 0 Å². The largest absolute Gasteiger partial charge is 0.342 e. The highest BCUT2D eigenvalue weighted by atomic mass is 16.2. The quantitative estimate of drug-likeness (QED) is 0.730. The molecule has 0 aliphatic rings. The Balaban J connectivity index is 2.22. The van der Waals surface area contributed by atoms with Crippen LogP contribution in [0.4, 0.5) is 0 Å². The van der Waals surface area contributed by atoms with Crippen molar-refractivity contribution in [2.24, 2.45) is 0 Å². The van der Waals surface area contributed by atoms with Crippen LogP contribution in [0.1, 0.15) is 38.7 Å². The van der Waals surface area contributed by atoms with Crippen molar-refractivity contribution >= 4 is 5.91 Å². The minimum atomic E-state index is 0.192. The van der Waals surface area contributed by atoms with Crippen LogP contribution in [0.15, 0.2) is 30.3 Å². The number of amides is 1. The van der Waals surface area contributed by atoms with E-state index in [2.05, 4.69) is 36.5 Å². The number of nitrogens with zero attached hydrogens (tertiary/aromatic N) is 1. The monoisotopic (exact) mass is 262 g/mol. The van der Waals surface area contributed by atoms with Crippen LogP contribution in [-0.2, 0) is 4.79 Å². The van der Waals surface area contributed by atoms with Crippen LogP contribution in [0.2, 0.25) is 0 Å². The summed E-state index contributed by atoms with van der Waals surface area (Å²) in [5.41, 5.74) is 1.36. The predicted octanol–water partition coefficient (Wildman–Crippen LogP) is 2.64. The van der Waals surface area contributed by atoms with E-state index in [9.17, 15) is 4.79 Å². The molecule has 0 aliphatic heterocycles. The zero-order valence-corrected chi connectivity index (χ0v) is 12.4. The number of hydrogen-bond acceptors (Lipinski definition) is 2. The van der Waals surface area contributed by atoms with E-state index in [0.29, 0.717) is 12.5 Å². The van der Waals surface area contributed by atoms with Gasteiger partial charge in [-0.1, -0.05) is 37.3 Å². The summed E-state index contributed by atoms with van der Waals surface area (Å²) in [6.07, 6.45) is 1.05. The Morgan fingerprint density at radius 1 is 1.21 bits per heavy atom. The highest BCUT2D eigenvalue weighted by Crippen LogP contribution is 2.17. The number of benzene rings is 1. The Morgan fingerprint density at radius 3 is 2.42 bits per heavy atom. The van der Waals surface area contributed by atoms with E-state index in [1.165, 1.54) is 5.56 Å². The summed E-state index contributed by atoms with van der Waals surface area (Å²) in [7, 11) is 0. The molecule has 0 saturated heterocycles. The fraction of sp³-hybridized carbons (Fsp3) is 0.562. The normalized spacial score (nSPS) is 12.2. The maximum absolute atomic E-state index is 11.8. The van der Waals surface area contributed by atoms with Crippen molar-refractivity contribution in [3.63, 3.8) is 0 Å². The molecule has 0 heterocycles. The average Bonchev–Trinajstić information content (AvgIpc) is 2.45. The molecule has 3 heteroatoms. The van der Waals surface area contributed by atoms with E-state index in [1.807, 2.05) is 24.8 Å². The third-order valence-electron chi connectivity index (χ3n) is 3.52. The zero-order valence-electron chi connectivity index (χ0n) is 12.4. The first-order chi connectivity index (χ1) is 9.19. The van der Waals surface area contributed by atoms with Crippen molar-refractivity contribution in [2.45, 2.75) is 33.1 Å². The molecule has 106 valence electrons. The molecule has 1 unspecified atom stereocenters. The Labute approximate surface area is 117 Å². The summed E-state index contributed by atoms with van der Waals surface area (Å²) < 4.78 is 0. The van der Waals surface area contributed by atoms with Crippen LogP contribution in [0.5, 0.6) is 0 Å². The zero-order chi connectivity index (χ0) is 14.1. The molecule has 0 fully saturated rings. The molecule has 0 aromatic heterocycles. The van der Waals surface area contributed by atoms with Gasteiger partial charge in [0.1, 0.15) is 0 Å². The fourth-order valence-electron chi connectivity index (χ4n) is 2.15. The average molecular weight is 262 g/mol. The number of carbonyl (C=O) groups excluding carboxylic acids is 1. The molecular weight excluding hydrogens is 236 g/mol. The van der Waals surface area contributed by atoms with Crippen molar-refractivity contribution < 1.29 is 4.79 Å². The molecule has 0 bridgehead atoms. The second kappa shape index (κ2) is 8.70. The minimum Gasteiger partial charge on any atom is -0.342 e. The fourth-order valence-corrected chi connectivity index (χ4v) is 2.15. The lowest BCUT2D eigenvalue weighted by Crippen LogP contribution is -2.38. The van der Waals surface area contributed by atoms with E-state index >= 15 is 0 Å². The van der Waals surface area contributed by atoms with Crippen molar-refractivity contribution in [3.8, 4) is 0 Å². The topological polar surface area (TPSA) is 32.3 Å². The van der Waals surface area contributed by atoms with Gasteiger partial charge in [-0.15, -0.1) is 0 Å². The maximum Gasteiger partial charge on any atom is 0.236 e. The number of carbonyl (C=O) groups is 1. The number of rotatable bonds is 8. The Hall–Kier alpha value is -1.35. The van der Waals surface area contributed by atoms with Crippen LogP contribution in [-0.4, -0.2) is 37.0 Å². The second-order valence-electron chi connectivity index (χ2n) is 4.84. The number of likely N-dealkylation sites (N-methyl/N-ethyl adjacent to an activating group) is 1. The van der Waals surface area contributed by atoms with Crippen LogP contribution in [0.25, 0.3) is 0 Å². The van der Waals surface area contributed by atoms with E-state index in [-0.39, 0.29) is 5.91 Å². The molecule has 0 saturated carbocycles. The molecule has 1 atom stereocenters. The minimum absolute atomic E-state index is 0.192. The van der Waals surface area contributed by atoms with Gasteiger partial charge in [0.25, 0.3) is 0 Å². The molecular formula is C16H26N2O. The lowest BCUT2D eigenvalue weighted by Gasteiger charge is -2.19. The molecule has 1 aromatic rings. The van der Waals surface area contributed by atoms with Gasteiger partial charge in [-0.3, -0.25) is 4.79 Å². The van der Waals surface area contributed by atoms with Gasteiger partial charge in [0.15, 0.2) is 0 Å². The summed E-state index contributed by atoms with van der Waals surface area (Å²) in [6.45, 7) is 9.15. The first-order valence-electron chi connectivity index (χ1n) is 7.22. The summed E-state index contributed by atoms with van der Waals surface area (Å²) in [5, 5.41) is 3.24. The summed E-state index contributed by atoms with van der Waals surface area (Å²) in [4.78, 5) is 13.6. The van der Waals surface area contributed by atoms with Crippen LogP contribution in [0, 0.1) is 0 Å². The van der Waals surface area contributed by atoms with Gasteiger partial charge in [0.2, 0.25) is 5.91 Å². The molecule has 0 radical (unpaired) electrons. The van der Waals surface area contributed by atoms with Gasteiger partial charge in [0.05, 0.1) is 6.54 Å². The molecule has 1 aromatic carbocycles. The van der Waals surface area contributed by atoms with Gasteiger partial charge >= 0.3 is 0 Å². The van der Waals surface area contributed by atoms with Crippen molar-refractivity contribution in [2.75, 3.05) is 26.2 Å². The number of nitrogens with one attached hydrogen (secondary N) is 1. The highest BCUT2D eigenvalue weighted by Gasteiger charge is 2.09. The van der Waals surface area contributed by atoms with E-state index in [0.717, 1.165) is 26.1 Å². The van der Waals surface area contributed by atoms with Crippen LogP contribution >= 0.6 is 0 Å². The lowest BCUT2D eigenvalue weighted by molar-refractivity contribution is -0.129. The Morgan fingerprint density at radius 2 is 1.84 bits per heavy atom. The Bertz CT molecular complexity index is 360. The van der Waals surface area contributed by atoms with Crippen LogP contribution in [0.3, 0.4) is 0 Å². The lowest BCUT2D eigenvalue weighted by atomic mass is 9.98. The Kier molecular flexibility index (Phi) is 7.19. The molecule has 0 aliphatic carbocycles. The standard InChI is InChI=1S/C16H26N2O/c1-4-18(5-2)16(19)13-17-12-11-14(3)15-9-7-6-8-10-15/h6-10,14,17H,4-5,11-13H2,1-3H3. The van der Waals surface area contributed by atoms with Gasteiger partial charge in [-0.25, -0.2) is 0 Å². The molecule has 0 spiro atoms. The smallest absolute Gasteiger partial charge is 0.236 e. The van der Waals surface area contributed by atoms with E-state index in [4.69, 9.17) is 0 Å². The highest BCUT2D eigenvalue weighted by molar-refractivity contribution is 5.78. The molecule has 1 rings (SSSR count). The third-order valence-corrected chi connectivity index (χ3v) is 3.52. The SMILES string of the molecule is CCN(CC)C(=O)CNCCC(C)c1ccccc1. The summed E-state index contributed by atoms with van der Waals surface area (Å²) in [6, 6.07) is 10.5. The van der Waals surface area contributed by atoms with Crippen molar-refractivity contribution in [1.82, 2.24) is 10.2 Å². The molecule has 3 nitrogen and oxygen atoms in total. The van der Waals surface area contributed by atoms with Gasteiger partial charge in [0, 0.05) is 13.1 Å². The van der Waals surface area contributed by atoms with Gasteiger partial charge < -0.3 is 10.2 Å². The van der Waals surface area contributed by atoms with Crippen molar-refractivity contribution in [1.29, 1.82) is 0 Å². The van der Waals surface area contributed by atoms with E-state index in [1.54, 1.807) is 0 Å². The second-order valence-corrected chi connectivity index (χ2v) is 4.84. The molecule has 1 amide bonds. The maximum atomic E-state index is 11.8. The van der Waals surface area contributed by atoms with Crippen LogP contribution < -0.4 is 5.32 Å². The summed E-state index contributed by atoms with van der Waals surface area (Å²) >= 11 is 0. The summed E-state index contributed by atoms with van der Waals surface area (Å²) in [5.74, 6) is 0.717.